The van der Waals surface area contributed by atoms with E-state index in [4.69, 9.17) is 10.8 Å². The van der Waals surface area contributed by atoms with Crippen LogP contribution >= 0.6 is 11.8 Å². The number of carbonyl (C=O) groups excluding carboxylic acids is 2. The first-order valence-electron chi connectivity index (χ1n) is 6.49. The summed E-state index contributed by atoms with van der Waals surface area (Å²) in [5, 5.41) is 22.2. The summed E-state index contributed by atoms with van der Waals surface area (Å²) in [6, 6.07) is 2.68. The zero-order valence-corrected chi connectivity index (χ0v) is 13.0. The molecule has 124 valence electrons. The maximum atomic E-state index is 11.7. The third kappa shape index (κ3) is 5.25. The Morgan fingerprint density at radius 3 is 2.57 bits per heavy atom. The number of nitrogens with two attached hydrogens (primary N) is 1. The van der Waals surface area contributed by atoms with Crippen LogP contribution in [-0.4, -0.2) is 39.6 Å². The van der Waals surface area contributed by atoms with Crippen LogP contribution in [0.15, 0.2) is 23.1 Å². The van der Waals surface area contributed by atoms with E-state index in [1.165, 1.54) is 12.1 Å². The highest BCUT2D eigenvalue weighted by molar-refractivity contribution is 8.00. The topological polar surface area (TPSA) is 153 Å². The van der Waals surface area contributed by atoms with Gasteiger partial charge in [0.05, 0.1) is 15.6 Å². The van der Waals surface area contributed by atoms with Gasteiger partial charge >= 0.3 is 5.97 Å². The summed E-state index contributed by atoms with van der Waals surface area (Å²) in [6.45, 7) is 1.61. The van der Waals surface area contributed by atoms with Gasteiger partial charge in [-0.05, 0) is 18.6 Å². The van der Waals surface area contributed by atoms with Gasteiger partial charge in [-0.25, -0.2) is 4.79 Å². The molecule has 9 nitrogen and oxygen atoms in total. The Bertz CT molecular complexity index is 649. The number of primary amides is 1. The fourth-order valence-electron chi connectivity index (χ4n) is 1.65. The second kappa shape index (κ2) is 8.13. The molecule has 0 bridgehead atoms. The van der Waals surface area contributed by atoms with E-state index in [0.717, 1.165) is 17.8 Å². The van der Waals surface area contributed by atoms with Crippen LogP contribution < -0.4 is 11.1 Å². The lowest BCUT2D eigenvalue weighted by atomic mass is 10.2. The van der Waals surface area contributed by atoms with E-state index < -0.39 is 28.7 Å². The molecule has 0 aliphatic rings. The second-order valence-electron chi connectivity index (χ2n) is 4.46. The molecule has 0 fully saturated rings. The summed E-state index contributed by atoms with van der Waals surface area (Å²) in [4.78, 5) is 44.1. The lowest BCUT2D eigenvalue weighted by Gasteiger charge is -2.12. The highest BCUT2D eigenvalue weighted by Gasteiger charge is 2.20. The molecule has 23 heavy (non-hydrogen) atoms. The number of carboxylic acids is 1. The summed E-state index contributed by atoms with van der Waals surface area (Å²) in [6.07, 6.45) is 0.221. The fraction of sp³-hybridized carbons (Fsp3) is 0.308. The first-order valence-corrected chi connectivity index (χ1v) is 7.48. The molecule has 1 atom stereocenters. The molecule has 0 heterocycles. The summed E-state index contributed by atoms with van der Waals surface area (Å²) in [7, 11) is 0. The van der Waals surface area contributed by atoms with Crippen molar-refractivity contribution >= 4 is 35.2 Å². The van der Waals surface area contributed by atoms with Crippen LogP contribution in [0, 0.1) is 10.1 Å². The lowest BCUT2D eigenvalue weighted by Crippen LogP contribution is -2.41. The van der Waals surface area contributed by atoms with Crippen molar-refractivity contribution in [2.24, 2.45) is 5.73 Å². The predicted molar refractivity (Wildman–Crippen MR) is 82.2 cm³/mol. The molecular formula is C13H15N3O6S. The van der Waals surface area contributed by atoms with E-state index in [1.807, 2.05) is 0 Å². The maximum Gasteiger partial charge on any atom is 0.326 e. The summed E-state index contributed by atoms with van der Waals surface area (Å²) >= 11 is 0.869. The molecular weight excluding hydrogens is 326 g/mol. The number of aliphatic carboxylic acids is 1. The molecule has 0 spiro atoms. The van der Waals surface area contributed by atoms with Crippen LogP contribution in [0.5, 0.6) is 0 Å². The van der Waals surface area contributed by atoms with Crippen LogP contribution in [-0.2, 0) is 9.59 Å². The van der Waals surface area contributed by atoms with Gasteiger partial charge in [-0.3, -0.25) is 19.7 Å². The number of rotatable bonds is 8. The van der Waals surface area contributed by atoms with E-state index >= 15 is 0 Å². The SMILES string of the molecule is CCC(NC(=O)CSc1ccc(C(N)=O)cc1[N+](=O)[O-])C(=O)O. The average Bonchev–Trinajstić information content (AvgIpc) is 2.49. The standard InChI is InChI=1S/C13H15N3O6S/c1-2-8(13(19)20)15-11(17)6-23-10-4-3-7(12(14)18)5-9(10)16(21)22/h3-5,8H,2,6H2,1H3,(H2,14,18)(H,15,17)(H,19,20). The van der Waals surface area contributed by atoms with Crippen LogP contribution in [0.4, 0.5) is 5.69 Å². The number of carboxylic acid groups (broad SMARTS) is 1. The summed E-state index contributed by atoms with van der Waals surface area (Å²) in [5.41, 5.74) is 4.71. The highest BCUT2D eigenvalue weighted by Crippen LogP contribution is 2.29. The minimum absolute atomic E-state index is 0.0116. The molecule has 0 saturated heterocycles. The Morgan fingerprint density at radius 1 is 1.43 bits per heavy atom. The van der Waals surface area contributed by atoms with Crippen molar-refractivity contribution in [1.82, 2.24) is 5.32 Å². The second-order valence-corrected chi connectivity index (χ2v) is 5.48. The van der Waals surface area contributed by atoms with Crippen LogP contribution in [0.2, 0.25) is 0 Å². The number of amides is 2. The predicted octanol–water partition coefficient (Wildman–Crippen LogP) is 0.765. The molecule has 4 N–H and O–H groups in total. The molecule has 0 aliphatic heterocycles. The van der Waals surface area contributed by atoms with Gasteiger partial charge in [-0.2, -0.15) is 0 Å². The van der Waals surface area contributed by atoms with E-state index in [-0.39, 0.29) is 28.3 Å². The monoisotopic (exact) mass is 341 g/mol. The largest absolute Gasteiger partial charge is 0.480 e. The zero-order valence-electron chi connectivity index (χ0n) is 12.1. The number of benzene rings is 1. The molecule has 0 aliphatic carbocycles. The number of thioether (sulfide) groups is 1. The molecule has 1 unspecified atom stereocenters. The maximum absolute atomic E-state index is 11.7. The third-order valence-electron chi connectivity index (χ3n) is 2.84. The number of nitrogens with zero attached hydrogens (tertiary/aromatic N) is 1. The zero-order chi connectivity index (χ0) is 17.6. The molecule has 0 aromatic heterocycles. The van der Waals surface area contributed by atoms with E-state index in [1.54, 1.807) is 6.92 Å². The van der Waals surface area contributed by atoms with Crippen LogP contribution in [0.25, 0.3) is 0 Å². The lowest BCUT2D eigenvalue weighted by molar-refractivity contribution is -0.387. The van der Waals surface area contributed by atoms with E-state index in [0.29, 0.717) is 0 Å². The van der Waals surface area contributed by atoms with Crippen molar-refractivity contribution in [3.05, 3.63) is 33.9 Å². The van der Waals surface area contributed by atoms with Crippen molar-refractivity contribution in [3.63, 3.8) is 0 Å². The van der Waals surface area contributed by atoms with E-state index in [2.05, 4.69) is 5.32 Å². The Balaban J connectivity index is 2.81. The highest BCUT2D eigenvalue weighted by atomic mass is 32.2. The smallest absolute Gasteiger partial charge is 0.326 e. The van der Waals surface area contributed by atoms with Crippen LogP contribution in [0.3, 0.4) is 0 Å². The minimum Gasteiger partial charge on any atom is -0.480 e. The fourth-order valence-corrected chi connectivity index (χ4v) is 2.47. The Kier molecular flexibility index (Phi) is 6.51. The van der Waals surface area contributed by atoms with Gasteiger partial charge in [-0.1, -0.05) is 6.92 Å². The minimum atomic E-state index is -1.15. The van der Waals surface area contributed by atoms with Crippen molar-refractivity contribution in [1.29, 1.82) is 0 Å². The first-order chi connectivity index (χ1) is 10.8. The molecule has 10 heteroatoms. The van der Waals surface area contributed by atoms with Gasteiger partial charge in [0, 0.05) is 11.6 Å². The molecule has 0 saturated carbocycles. The number of carbonyl (C=O) groups is 3. The van der Waals surface area contributed by atoms with Crippen molar-refractivity contribution in [3.8, 4) is 0 Å². The normalized spacial score (nSPS) is 11.5. The van der Waals surface area contributed by atoms with Crippen LogP contribution in [0.1, 0.15) is 23.7 Å². The molecule has 1 aromatic rings. The van der Waals surface area contributed by atoms with Gasteiger partial charge in [0.1, 0.15) is 6.04 Å². The number of nitro benzene ring substituents is 1. The van der Waals surface area contributed by atoms with Crippen molar-refractivity contribution in [2.45, 2.75) is 24.3 Å². The number of hydrogen-bond acceptors (Lipinski definition) is 6. The number of nitro groups is 1. The van der Waals surface area contributed by atoms with Crippen molar-refractivity contribution < 1.29 is 24.4 Å². The number of nitrogens with one attached hydrogen (secondary N) is 1. The Labute approximate surface area is 135 Å². The quantitative estimate of drug-likeness (QED) is 0.358. The van der Waals surface area contributed by atoms with Gasteiger partial charge in [0.15, 0.2) is 0 Å². The average molecular weight is 341 g/mol. The van der Waals surface area contributed by atoms with Gasteiger partial charge < -0.3 is 16.2 Å². The summed E-state index contributed by atoms with van der Waals surface area (Å²) in [5.74, 6) is -2.70. The first kappa shape index (κ1) is 18.4. The van der Waals surface area contributed by atoms with Gasteiger partial charge in [-0.15, -0.1) is 11.8 Å². The molecule has 0 radical (unpaired) electrons. The molecule has 2 amide bonds. The Morgan fingerprint density at radius 2 is 2.09 bits per heavy atom. The summed E-state index contributed by atoms with van der Waals surface area (Å²) < 4.78 is 0. The van der Waals surface area contributed by atoms with Crippen molar-refractivity contribution in [2.75, 3.05) is 5.75 Å². The molecule has 1 aromatic carbocycles. The molecule has 1 rings (SSSR count). The van der Waals surface area contributed by atoms with E-state index in [9.17, 15) is 24.5 Å². The number of hydrogen-bond donors (Lipinski definition) is 3. The van der Waals surface area contributed by atoms with Gasteiger partial charge in [0.25, 0.3) is 5.69 Å². The Hall–Kier alpha value is -2.62. The third-order valence-corrected chi connectivity index (χ3v) is 3.90. The van der Waals surface area contributed by atoms with Gasteiger partial charge in [0.2, 0.25) is 11.8 Å².